The summed E-state index contributed by atoms with van der Waals surface area (Å²) in [5, 5.41) is 24.0. The van der Waals surface area contributed by atoms with Crippen molar-refractivity contribution in [1.82, 2.24) is 19.9 Å². The van der Waals surface area contributed by atoms with Crippen molar-refractivity contribution in [3.05, 3.63) is 47.7 Å². The molecule has 2 heterocycles. The normalized spacial score (nSPS) is 17.5. The molecule has 1 saturated carbocycles. The number of ether oxygens (including phenoxy) is 1. The second kappa shape index (κ2) is 11.2. The predicted molar refractivity (Wildman–Crippen MR) is 133 cm³/mol. The number of anilines is 1. The van der Waals surface area contributed by atoms with Crippen LogP contribution in [-0.4, -0.2) is 50.7 Å². The van der Waals surface area contributed by atoms with Crippen LogP contribution in [0.2, 0.25) is 0 Å². The first-order valence-corrected chi connectivity index (χ1v) is 12.1. The fourth-order valence-corrected chi connectivity index (χ4v) is 4.54. The van der Waals surface area contributed by atoms with Crippen molar-refractivity contribution < 1.29 is 19.4 Å². The summed E-state index contributed by atoms with van der Waals surface area (Å²) in [6.07, 6.45) is 4.53. The molecule has 3 aromatic rings. The third-order valence-corrected chi connectivity index (χ3v) is 6.26. The van der Waals surface area contributed by atoms with E-state index in [1.54, 1.807) is 36.5 Å². The Labute approximate surface area is 209 Å². The Kier molecular flexibility index (Phi) is 7.80. The molecule has 0 spiro atoms. The van der Waals surface area contributed by atoms with Gasteiger partial charge >= 0.3 is 0 Å². The zero-order chi connectivity index (χ0) is 25.7. The number of aliphatic hydroxyl groups is 1. The van der Waals surface area contributed by atoms with E-state index in [1.165, 1.54) is 0 Å². The van der Waals surface area contributed by atoms with E-state index in [4.69, 9.17) is 15.1 Å². The average Bonchev–Trinajstić information content (AvgIpc) is 3.24. The molecule has 2 amide bonds. The number of hydrogen-bond acceptors (Lipinski definition) is 7. The molecule has 36 heavy (non-hydrogen) atoms. The van der Waals surface area contributed by atoms with E-state index in [1.807, 2.05) is 24.5 Å². The molecule has 0 aliphatic heterocycles. The van der Waals surface area contributed by atoms with Gasteiger partial charge in [-0.3, -0.25) is 14.9 Å². The number of benzene rings is 1. The SMILES string of the molecule is CC(C)NC(=O)C1CCC(n2c(NC(=O)c3ccc(C#N)cc3)nc3cnc(OCCO)cc32)CC1. The third-order valence-electron chi connectivity index (χ3n) is 6.26. The van der Waals surface area contributed by atoms with Crippen LogP contribution in [0.15, 0.2) is 36.5 Å². The first-order chi connectivity index (χ1) is 17.4. The van der Waals surface area contributed by atoms with Crippen LogP contribution in [0.5, 0.6) is 5.88 Å². The minimum atomic E-state index is -0.342. The summed E-state index contributed by atoms with van der Waals surface area (Å²) >= 11 is 0. The molecular weight excluding hydrogens is 460 g/mol. The molecule has 1 aromatic carbocycles. The first kappa shape index (κ1) is 25.1. The number of carbonyl (C=O) groups is 2. The smallest absolute Gasteiger partial charge is 0.257 e. The van der Waals surface area contributed by atoms with Crippen molar-refractivity contribution in [2.24, 2.45) is 5.92 Å². The number of nitrogens with zero attached hydrogens (tertiary/aromatic N) is 4. The Morgan fingerprint density at radius 1 is 1.22 bits per heavy atom. The number of nitrogens with one attached hydrogen (secondary N) is 2. The lowest BCUT2D eigenvalue weighted by molar-refractivity contribution is -0.126. The van der Waals surface area contributed by atoms with Gasteiger partial charge in [-0.2, -0.15) is 5.26 Å². The van der Waals surface area contributed by atoms with E-state index < -0.39 is 0 Å². The largest absolute Gasteiger partial charge is 0.475 e. The fourth-order valence-electron chi connectivity index (χ4n) is 4.54. The number of aliphatic hydroxyl groups excluding tert-OH is 1. The predicted octanol–water partition coefficient (Wildman–Crippen LogP) is 3.18. The van der Waals surface area contributed by atoms with Gasteiger partial charge in [0.1, 0.15) is 12.1 Å². The Morgan fingerprint density at radius 2 is 1.94 bits per heavy atom. The molecule has 3 N–H and O–H groups in total. The molecule has 10 heteroatoms. The fraction of sp³-hybridized carbons (Fsp3) is 0.423. The molecule has 0 bridgehead atoms. The average molecular weight is 491 g/mol. The van der Waals surface area contributed by atoms with Gasteiger partial charge in [0.05, 0.1) is 30.0 Å². The molecule has 1 fully saturated rings. The highest BCUT2D eigenvalue weighted by Crippen LogP contribution is 2.37. The van der Waals surface area contributed by atoms with Crippen molar-refractivity contribution in [2.45, 2.75) is 51.6 Å². The molecule has 0 atom stereocenters. The van der Waals surface area contributed by atoms with Crippen LogP contribution in [0.3, 0.4) is 0 Å². The Bertz CT molecular complexity index is 1270. The number of aromatic nitrogens is 3. The molecule has 10 nitrogen and oxygen atoms in total. The van der Waals surface area contributed by atoms with Crippen molar-refractivity contribution in [3.63, 3.8) is 0 Å². The van der Waals surface area contributed by atoms with E-state index >= 15 is 0 Å². The van der Waals surface area contributed by atoms with Gasteiger partial charge in [0.15, 0.2) is 0 Å². The molecule has 188 valence electrons. The van der Waals surface area contributed by atoms with Crippen LogP contribution in [0, 0.1) is 17.2 Å². The Balaban J connectivity index is 1.63. The van der Waals surface area contributed by atoms with Crippen LogP contribution in [0.4, 0.5) is 5.95 Å². The van der Waals surface area contributed by atoms with E-state index in [2.05, 4.69) is 20.6 Å². The van der Waals surface area contributed by atoms with Gasteiger partial charge in [-0.15, -0.1) is 0 Å². The lowest BCUT2D eigenvalue weighted by atomic mass is 9.85. The zero-order valence-corrected chi connectivity index (χ0v) is 20.4. The van der Waals surface area contributed by atoms with Crippen LogP contribution in [-0.2, 0) is 4.79 Å². The standard InChI is InChI=1S/C26H30N6O4/c1-16(2)29-24(34)19-7-9-20(10-8-19)32-22-13-23(36-12-11-33)28-15-21(22)30-26(32)31-25(35)18-5-3-17(14-27)4-6-18/h3-6,13,15-16,19-20,33H,7-12H2,1-2H3,(H,29,34)(H,30,31,35). The molecule has 2 aromatic heterocycles. The van der Waals surface area contributed by atoms with E-state index in [9.17, 15) is 9.59 Å². The number of hydrogen-bond donors (Lipinski definition) is 3. The number of rotatable bonds is 8. The highest BCUT2D eigenvalue weighted by atomic mass is 16.5. The maximum atomic E-state index is 13.0. The number of amides is 2. The minimum absolute atomic E-state index is 0.0162. The van der Waals surface area contributed by atoms with Gasteiger partial charge in [0.2, 0.25) is 17.7 Å². The number of imidazole rings is 1. The van der Waals surface area contributed by atoms with Crippen molar-refractivity contribution in [1.29, 1.82) is 5.26 Å². The van der Waals surface area contributed by atoms with Gasteiger partial charge in [0.25, 0.3) is 5.91 Å². The van der Waals surface area contributed by atoms with E-state index in [-0.39, 0.29) is 43.0 Å². The topological polar surface area (TPSA) is 142 Å². The van der Waals surface area contributed by atoms with Gasteiger partial charge < -0.3 is 19.7 Å². The number of pyridine rings is 1. The van der Waals surface area contributed by atoms with Crippen LogP contribution in [0.25, 0.3) is 11.0 Å². The van der Waals surface area contributed by atoms with Crippen molar-refractivity contribution in [2.75, 3.05) is 18.5 Å². The molecular formula is C26H30N6O4. The maximum absolute atomic E-state index is 13.0. The Hall–Kier alpha value is -3.97. The molecule has 0 unspecified atom stereocenters. The number of fused-ring (bicyclic) bond motifs is 1. The second-order valence-electron chi connectivity index (χ2n) is 9.20. The summed E-state index contributed by atoms with van der Waals surface area (Å²) in [7, 11) is 0. The third kappa shape index (κ3) is 5.63. The summed E-state index contributed by atoms with van der Waals surface area (Å²) in [5.41, 5.74) is 2.23. The summed E-state index contributed by atoms with van der Waals surface area (Å²) in [6.45, 7) is 3.89. The van der Waals surface area contributed by atoms with Crippen LogP contribution in [0.1, 0.15) is 61.5 Å². The monoisotopic (exact) mass is 490 g/mol. The van der Waals surface area contributed by atoms with Gasteiger partial charge in [-0.25, -0.2) is 9.97 Å². The summed E-state index contributed by atoms with van der Waals surface area (Å²) in [6, 6.07) is 10.3. The first-order valence-electron chi connectivity index (χ1n) is 12.1. The highest BCUT2D eigenvalue weighted by Gasteiger charge is 2.30. The maximum Gasteiger partial charge on any atom is 0.257 e. The lowest BCUT2D eigenvalue weighted by Crippen LogP contribution is -2.37. The summed E-state index contributed by atoms with van der Waals surface area (Å²) in [4.78, 5) is 34.4. The molecule has 1 aliphatic rings. The minimum Gasteiger partial charge on any atom is -0.475 e. The Morgan fingerprint density at radius 3 is 2.58 bits per heavy atom. The van der Waals surface area contributed by atoms with E-state index in [0.29, 0.717) is 28.5 Å². The number of nitriles is 1. The summed E-state index contributed by atoms with van der Waals surface area (Å²) in [5.74, 6) is 0.436. The molecule has 4 rings (SSSR count). The lowest BCUT2D eigenvalue weighted by Gasteiger charge is -2.30. The zero-order valence-electron chi connectivity index (χ0n) is 20.4. The van der Waals surface area contributed by atoms with Crippen LogP contribution < -0.4 is 15.4 Å². The molecule has 1 aliphatic carbocycles. The second-order valence-corrected chi connectivity index (χ2v) is 9.20. The van der Waals surface area contributed by atoms with Gasteiger partial charge in [-0.05, 0) is 63.8 Å². The van der Waals surface area contributed by atoms with Crippen molar-refractivity contribution >= 4 is 28.8 Å². The molecule has 0 radical (unpaired) electrons. The van der Waals surface area contributed by atoms with Crippen LogP contribution >= 0.6 is 0 Å². The number of carbonyl (C=O) groups excluding carboxylic acids is 2. The quantitative estimate of drug-likeness (QED) is 0.440. The summed E-state index contributed by atoms with van der Waals surface area (Å²) < 4.78 is 7.49. The van der Waals surface area contributed by atoms with E-state index in [0.717, 1.165) is 31.2 Å². The molecule has 0 saturated heterocycles. The van der Waals surface area contributed by atoms with Gasteiger partial charge in [0, 0.05) is 29.6 Å². The van der Waals surface area contributed by atoms with Crippen molar-refractivity contribution in [3.8, 4) is 11.9 Å². The highest BCUT2D eigenvalue weighted by molar-refractivity contribution is 6.04. The van der Waals surface area contributed by atoms with Gasteiger partial charge in [-0.1, -0.05) is 0 Å².